The molecule has 26 heavy (non-hydrogen) atoms. The zero-order valence-electron chi connectivity index (χ0n) is 16.8. The molecule has 0 saturated carbocycles. The van der Waals surface area contributed by atoms with Crippen molar-refractivity contribution in [1.82, 2.24) is 10.6 Å². The fourth-order valence-electron chi connectivity index (χ4n) is 1.41. The fraction of sp³-hybridized carbons (Fsp3) is 0.778. The van der Waals surface area contributed by atoms with E-state index in [0.29, 0.717) is 25.9 Å². The average molecular weight is 374 g/mol. The molecule has 0 radical (unpaired) electrons. The molecule has 0 aliphatic carbocycles. The SMILES string of the molecule is CC(C)(C)C(=O)NCCCC(=O)O.CC(C)(C)C(=O)NCCCC(=O)O. The first-order valence-electron chi connectivity index (χ1n) is 8.68. The Morgan fingerprint density at radius 2 is 0.923 bits per heavy atom. The Morgan fingerprint density at radius 3 is 1.12 bits per heavy atom. The largest absolute Gasteiger partial charge is 0.481 e. The molecule has 0 saturated heterocycles. The molecule has 0 heterocycles. The highest BCUT2D eigenvalue weighted by atomic mass is 16.4. The van der Waals surface area contributed by atoms with E-state index in [2.05, 4.69) is 10.6 Å². The molecule has 0 unspecified atom stereocenters. The lowest BCUT2D eigenvalue weighted by Gasteiger charge is -2.17. The second-order valence-corrected chi connectivity index (χ2v) is 8.01. The van der Waals surface area contributed by atoms with Crippen LogP contribution in [-0.2, 0) is 19.2 Å². The van der Waals surface area contributed by atoms with Crippen molar-refractivity contribution in [3.05, 3.63) is 0 Å². The third-order valence-corrected chi connectivity index (χ3v) is 3.07. The number of rotatable bonds is 8. The Balaban J connectivity index is 0. The van der Waals surface area contributed by atoms with Gasteiger partial charge in [0.2, 0.25) is 11.8 Å². The first-order valence-corrected chi connectivity index (χ1v) is 8.68. The summed E-state index contributed by atoms with van der Waals surface area (Å²) in [6, 6.07) is 0. The Kier molecular flexibility index (Phi) is 12.3. The number of carboxylic acid groups (broad SMARTS) is 2. The predicted molar refractivity (Wildman–Crippen MR) is 98.7 cm³/mol. The van der Waals surface area contributed by atoms with E-state index in [4.69, 9.17) is 10.2 Å². The van der Waals surface area contributed by atoms with Gasteiger partial charge >= 0.3 is 11.9 Å². The summed E-state index contributed by atoms with van der Waals surface area (Å²) in [6.07, 6.45) is 1.17. The molecule has 0 aliphatic rings. The van der Waals surface area contributed by atoms with Crippen LogP contribution in [0.25, 0.3) is 0 Å². The number of amides is 2. The second-order valence-electron chi connectivity index (χ2n) is 8.01. The van der Waals surface area contributed by atoms with Crippen molar-refractivity contribution in [3.8, 4) is 0 Å². The maximum Gasteiger partial charge on any atom is 0.303 e. The van der Waals surface area contributed by atoms with Crippen LogP contribution in [0.5, 0.6) is 0 Å². The Hall–Kier alpha value is -2.12. The molecular formula is C18H34N2O6. The van der Waals surface area contributed by atoms with E-state index in [0.717, 1.165) is 0 Å². The van der Waals surface area contributed by atoms with Crippen molar-refractivity contribution < 1.29 is 29.4 Å². The number of carboxylic acids is 2. The smallest absolute Gasteiger partial charge is 0.303 e. The molecule has 0 aromatic rings. The molecule has 8 nitrogen and oxygen atoms in total. The van der Waals surface area contributed by atoms with Crippen molar-refractivity contribution in [1.29, 1.82) is 0 Å². The van der Waals surface area contributed by atoms with Gasteiger partial charge in [-0.2, -0.15) is 0 Å². The number of hydrogen-bond acceptors (Lipinski definition) is 4. The van der Waals surface area contributed by atoms with Gasteiger partial charge in [-0.05, 0) is 12.8 Å². The topological polar surface area (TPSA) is 133 Å². The van der Waals surface area contributed by atoms with Gasteiger partial charge in [0.05, 0.1) is 0 Å². The molecule has 0 aliphatic heterocycles. The van der Waals surface area contributed by atoms with Crippen LogP contribution in [0.3, 0.4) is 0 Å². The van der Waals surface area contributed by atoms with Crippen molar-refractivity contribution in [2.45, 2.75) is 67.2 Å². The summed E-state index contributed by atoms with van der Waals surface area (Å²) in [4.78, 5) is 42.8. The molecule has 0 atom stereocenters. The molecule has 152 valence electrons. The predicted octanol–water partition coefficient (Wildman–Crippen LogP) is 2.03. The summed E-state index contributed by atoms with van der Waals surface area (Å²) in [5, 5.41) is 22.0. The van der Waals surface area contributed by atoms with E-state index in [1.165, 1.54) is 0 Å². The normalized spacial score (nSPS) is 11.0. The minimum atomic E-state index is -0.829. The van der Waals surface area contributed by atoms with Gasteiger partial charge in [-0.25, -0.2) is 0 Å². The van der Waals surface area contributed by atoms with Gasteiger partial charge < -0.3 is 20.8 Å². The number of carbonyl (C=O) groups excluding carboxylic acids is 2. The van der Waals surface area contributed by atoms with Gasteiger partial charge in [0, 0.05) is 36.8 Å². The summed E-state index contributed by atoms with van der Waals surface area (Å²) in [5.41, 5.74) is -0.799. The highest BCUT2D eigenvalue weighted by Crippen LogP contribution is 2.12. The maximum absolute atomic E-state index is 11.3. The third kappa shape index (κ3) is 16.7. The quantitative estimate of drug-likeness (QED) is 0.481. The van der Waals surface area contributed by atoms with Gasteiger partial charge in [-0.1, -0.05) is 41.5 Å². The first kappa shape index (κ1) is 26.1. The first-order chi connectivity index (χ1) is 11.7. The average Bonchev–Trinajstić information content (AvgIpc) is 2.45. The van der Waals surface area contributed by atoms with Gasteiger partial charge in [-0.3, -0.25) is 19.2 Å². The number of hydrogen-bond donors (Lipinski definition) is 4. The zero-order valence-corrected chi connectivity index (χ0v) is 16.8. The van der Waals surface area contributed by atoms with E-state index in [9.17, 15) is 19.2 Å². The van der Waals surface area contributed by atoms with Crippen molar-refractivity contribution in [2.75, 3.05) is 13.1 Å². The monoisotopic (exact) mass is 374 g/mol. The van der Waals surface area contributed by atoms with Gasteiger partial charge in [-0.15, -0.1) is 0 Å². The van der Waals surface area contributed by atoms with E-state index in [1.54, 1.807) is 0 Å². The van der Waals surface area contributed by atoms with E-state index < -0.39 is 22.8 Å². The summed E-state index contributed by atoms with van der Waals surface area (Å²) >= 11 is 0. The van der Waals surface area contributed by atoms with Crippen LogP contribution in [-0.4, -0.2) is 47.1 Å². The number of aliphatic carboxylic acids is 2. The van der Waals surface area contributed by atoms with Crippen molar-refractivity contribution >= 4 is 23.8 Å². The van der Waals surface area contributed by atoms with Gasteiger partial charge in [0.1, 0.15) is 0 Å². The van der Waals surface area contributed by atoms with Crippen LogP contribution in [0.2, 0.25) is 0 Å². The number of nitrogens with one attached hydrogen (secondary N) is 2. The van der Waals surface area contributed by atoms with Crippen LogP contribution in [0.4, 0.5) is 0 Å². The molecule has 0 fully saturated rings. The van der Waals surface area contributed by atoms with E-state index >= 15 is 0 Å². The van der Waals surface area contributed by atoms with Crippen LogP contribution < -0.4 is 10.6 Å². The molecule has 8 heteroatoms. The summed E-state index contributed by atoms with van der Waals surface area (Å²) < 4.78 is 0. The molecule has 2 amide bonds. The maximum atomic E-state index is 11.3. The summed E-state index contributed by atoms with van der Waals surface area (Å²) in [7, 11) is 0. The minimum absolute atomic E-state index is 0.0436. The number of carbonyl (C=O) groups is 4. The minimum Gasteiger partial charge on any atom is -0.481 e. The van der Waals surface area contributed by atoms with E-state index in [1.807, 2.05) is 41.5 Å². The van der Waals surface area contributed by atoms with Gasteiger partial charge in [0.25, 0.3) is 0 Å². The highest BCUT2D eigenvalue weighted by molar-refractivity contribution is 5.81. The molecule has 0 spiro atoms. The van der Waals surface area contributed by atoms with Crippen LogP contribution in [0.1, 0.15) is 67.2 Å². The summed E-state index contributed by atoms with van der Waals surface area (Å²) in [5.74, 6) is -1.74. The lowest BCUT2D eigenvalue weighted by atomic mass is 9.96. The molecule has 4 N–H and O–H groups in total. The Bertz CT molecular complexity index is 431. The second kappa shape index (κ2) is 12.3. The van der Waals surface area contributed by atoms with Gasteiger partial charge in [0.15, 0.2) is 0 Å². The lowest BCUT2D eigenvalue weighted by molar-refractivity contribution is -0.138. The Labute approximate surface area is 155 Å². The lowest BCUT2D eigenvalue weighted by Crippen LogP contribution is -2.35. The zero-order chi connectivity index (χ0) is 21.0. The fourth-order valence-corrected chi connectivity index (χ4v) is 1.41. The molecule has 0 aromatic carbocycles. The van der Waals surface area contributed by atoms with Crippen molar-refractivity contribution in [2.24, 2.45) is 10.8 Å². The molecule has 0 aromatic heterocycles. The molecule has 0 rings (SSSR count). The van der Waals surface area contributed by atoms with Crippen LogP contribution in [0, 0.1) is 10.8 Å². The summed E-state index contributed by atoms with van der Waals surface area (Å²) in [6.45, 7) is 11.8. The Morgan fingerprint density at radius 1 is 0.654 bits per heavy atom. The van der Waals surface area contributed by atoms with Crippen molar-refractivity contribution in [3.63, 3.8) is 0 Å². The molecular weight excluding hydrogens is 340 g/mol. The third-order valence-electron chi connectivity index (χ3n) is 3.07. The van der Waals surface area contributed by atoms with E-state index in [-0.39, 0.29) is 24.7 Å². The standard InChI is InChI=1S/2C9H17NO3/c2*1-9(2,3)8(13)10-6-4-5-7(11)12/h2*4-6H2,1-3H3,(H,10,13)(H,11,12). The highest BCUT2D eigenvalue weighted by Gasteiger charge is 2.20. The van der Waals surface area contributed by atoms with Crippen LogP contribution >= 0.6 is 0 Å². The van der Waals surface area contributed by atoms with Crippen LogP contribution in [0.15, 0.2) is 0 Å². The molecule has 0 bridgehead atoms.